The lowest BCUT2D eigenvalue weighted by atomic mass is 10.2. The summed E-state index contributed by atoms with van der Waals surface area (Å²) in [6.45, 7) is 1.14. The highest BCUT2D eigenvalue weighted by Gasteiger charge is 2.38. The Morgan fingerprint density at radius 3 is 3.17 bits per heavy atom. The maximum Gasteiger partial charge on any atom is 0.0524 e. The second-order valence-corrected chi connectivity index (χ2v) is 3.61. The smallest absolute Gasteiger partial charge is 0.0524 e. The van der Waals surface area contributed by atoms with Crippen molar-refractivity contribution in [1.82, 2.24) is 15.1 Å². The van der Waals surface area contributed by atoms with E-state index in [1.807, 2.05) is 25.0 Å². The predicted octanol–water partition coefficient (Wildman–Crippen LogP) is 0.743. The van der Waals surface area contributed by atoms with E-state index in [-0.39, 0.29) is 0 Å². The molecule has 0 saturated heterocycles. The summed E-state index contributed by atoms with van der Waals surface area (Å²) in [6.07, 6.45) is 5.44. The molecule has 0 aliphatic heterocycles. The first-order chi connectivity index (χ1) is 5.81. The lowest BCUT2D eigenvalue weighted by molar-refractivity contribution is 0.697. The first-order valence-corrected chi connectivity index (χ1v) is 4.44. The van der Waals surface area contributed by atoms with E-state index in [2.05, 4.69) is 16.6 Å². The first-order valence-electron chi connectivity index (χ1n) is 4.44. The number of nitrogens with one attached hydrogen (secondary N) is 1. The van der Waals surface area contributed by atoms with Crippen molar-refractivity contribution >= 4 is 0 Å². The van der Waals surface area contributed by atoms with Gasteiger partial charge in [0.2, 0.25) is 0 Å². The van der Waals surface area contributed by atoms with Crippen LogP contribution in [0, 0.1) is 5.92 Å². The van der Waals surface area contributed by atoms with Crippen LogP contribution in [0.5, 0.6) is 0 Å². The van der Waals surface area contributed by atoms with Gasteiger partial charge < -0.3 is 5.32 Å². The molecular weight excluding hydrogens is 150 g/mol. The van der Waals surface area contributed by atoms with Gasteiger partial charge in [-0.25, -0.2) is 0 Å². The van der Waals surface area contributed by atoms with Crippen molar-refractivity contribution < 1.29 is 0 Å². The van der Waals surface area contributed by atoms with Crippen molar-refractivity contribution in [3.63, 3.8) is 0 Å². The Morgan fingerprint density at radius 2 is 2.58 bits per heavy atom. The van der Waals surface area contributed by atoms with Gasteiger partial charge in [0, 0.05) is 13.2 Å². The largest absolute Gasteiger partial charge is 0.319 e. The van der Waals surface area contributed by atoms with E-state index in [4.69, 9.17) is 0 Å². The van der Waals surface area contributed by atoms with Crippen LogP contribution in [0.4, 0.5) is 0 Å². The number of rotatable bonds is 3. The zero-order valence-corrected chi connectivity index (χ0v) is 7.62. The van der Waals surface area contributed by atoms with E-state index in [1.54, 1.807) is 0 Å². The van der Waals surface area contributed by atoms with Gasteiger partial charge in [-0.05, 0) is 37.4 Å². The molecular formula is C9H15N3. The number of aryl methyl sites for hydroxylation is 1. The van der Waals surface area contributed by atoms with Crippen LogP contribution in [0.2, 0.25) is 0 Å². The maximum absolute atomic E-state index is 4.17. The van der Waals surface area contributed by atoms with E-state index in [0.29, 0.717) is 0 Å². The van der Waals surface area contributed by atoms with E-state index in [1.165, 1.54) is 12.0 Å². The number of hydrogen-bond donors (Lipinski definition) is 1. The average Bonchev–Trinajstić information content (AvgIpc) is 2.67. The summed E-state index contributed by atoms with van der Waals surface area (Å²) in [7, 11) is 3.98. The summed E-state index contributed by atoms with van der Waals surface area (Å²) in [5.41, 5.74) is 1.40. The Hall–Kier alpha value is -0.830. The molecule has 1 saturated carbocycles. The van der Waals surface area contributed by atoms with Gasteiger partial charge in [0.25, 0.3) is 0 Å². The van der Waals surface area contributed by atoms with Crippen molar-refractivity contribution in [3.05, 3.63) is 18.0 Å². The van der Waals surface area contributed by atoms with Crippen LogP contribution < -0.4 is 5.32 Å². The molecule has 0 unspecified atom stereocenters. The second-order valence-electron chi connectivity index (χ2n) is 3.61. The van der Waals surface area contributed by atoms with Crippen molar-refractivity contribution in [2.24, 2.45) is 13.0 Å². The molecule has 1 aromatic rings. The molecule has 1 N–H and O–H groups in total. The molecule has 3 nitrogen and oxygen atoms in total. The molecule has 1 aliphatic rings. The summed E-state index contributed by atoms with van der Waals surface area (Å²) in [6, 6.07) is 0. The molecule has 0 spiro atoms. The third-order valence-electron chi connectivity index (χ3n) is 2.54. The monoisotopic (exact) mass is 165 g/mol. The van der Waals surface area contributed by atoms with Crippen molar-refractivity contribution in [2.45, 2.75) is 12.3 Å². The summed E-state index contributed by atoms with van der Waals surface area (Å²) >= 11 is 0. The summed E-state index contributed by atoms with van der Waals surface area (Å²) < 4.78 is 1.88. The Bertz CT molecular complexity index is 266. The summed E-state index contributed by atoms with van der Waals surface area (Å²) in [5.74, 6) is 1.62. The molecule has 0 aromatic carbocycles. The van der Waals surface area contributed by atoms with Crippen LogP contribution in [0.15, 0.2) is 12.4 Å². The van der Waals surface area contributed by atoms with E-state index in [9.17, 15) is 0 Å². The lowest BCUT2D eigenvalue weighted by Crippen LogP contribution is -2.10. The van der Waals surface area contributed by atoms with Crippen molar-refractivity contribution in [2.75, 3.05) is 13.6 Å². The topological polar surface area (TPSA) is 29.9 Å². The fourth-order valence-corrected chi connectivity index (χ4v) is 1.78. The highest BCUT2D eigenvalue weighted by Crippen LogP contribution is 2.46. The van der Waals surface area contributed by atoms with Crippen molar-refractivity contribution in [1.29, 1.82) is 0 Å². The second kappa shape index (κ2) is 2.90. The van der Waals surface area contributed by atoms with Gasteiger partial charge in [-0.1, -0.05) is 0 Å². The minimum Gasteiger partial charge on any atom is -0.319 e. The first kappa shape index (κ1) is 7.80. The van der Waals surface area contributed by atoms with Gasteiger partial charge in [-0.3, -0.25) is 4.68 Å². The van der Waals surface area contributed by atoms with Crippen LogP contribution >= 0.6 is 0 Å². The molecule has 3 heteroatoms. The summed E-state index contributed by atoms with van der Waals surface area (Å²) in [5, 5.41) is 7.38. The van der Waals surface area contributed by atoms with Crippen LogP contribution in [0.3, 0.4) is 0 Å². The lowest BCUT2D eigenvalue weighted by Gasteiger charge is -1.94. The minimum absolute atomic E-state index is 0.770. The molecule has 12 heavy (non-hydrogen) atoms. The third kappa shape index (κ3) is 1.37. The molecule has 1 fully saturated rings. The molecule has 1 aliphatic carbocycles. The molecule has 0 radical (unpaired) electrons. The highest BCUT2D eigenvalue weighted by molar-refractivity contribution is 5.20. The van der Waals surface area contributed by atoms with Crippen LogP contribution in [-0.4, -0.2) is 23.4 Å². The number of aromatic nitrogens is 2. The Balaban J connectivity index is 1.96. The molecule has 2 rings (SSSR count). The number of hydrogen-bond acceptors (Lipinski definition) is 2. The minimum atomic E-state index is 0.770. The molecule has 2 atom stereocenters. The normalized spacial score (nSPS) is 27.5. The van der Waals surface area contributed by atoms with Crippen LogP contribution in [-0.2, 0) is 7.05 Å². The fourth-order valence-electron chi connectivity index (χ4n) is 1.78. The predicted molar refractivity (Wildman–Crippen MR) is 48.0 cm³/mol. The van der Waals surface area contributed by atoms with Gasteiger partial charge in [0.15, 0.2) is 0 Å². The van der Waals surface area contributed by atoms with Gasteiger partial charge >= 0.3 is 0 Å². The molecule has 66 valence electrons. The van der Waals surface area contributed by atoms with Crippen molar-refractivity contribution in [3.8, 4) is 0 Å². The Labute approximate surface area is 72.8 Å². The van der Waals surface area contributed by atoms with E-state index in [0.717, 1.165) is 18.4 Å². The average molecular weight is 165 g/mol. The summed E-state index contributed by atoms with van der Waals surface area (Å²) in [4.78, 5) is 0. The van der Waals surface area contributed by atoms with Crippen LogP contribution in [0.25, 0.3) is 0 Å². The van der Waals surface area contributed by atoms with Gasteiger partial charge in [-0.15, -0.1) is 0 Å². The SMILES string of the molecule is CNC[C@@H]1C[C@@H]1c1cnn(C)c1. The quantitative estimate of drug-likeness (QED) is 0.716. The molecule has 0 bridgehead atoms. The van der Waals surface area contributed by atoms with E-state index >= 15 is 0 Å². The van der Waals surface area contributed by atoms with Crippen LogP contribution in [0.1, 0.15) is 17.9 Å². The van der Waals surface area contributed by atoms with Gasteiger partial charge in [0.1, 0.15) is 0 Å². The zero-order chi connectivity index (χ0) is 8.55. The maximum atomic E-state index is 4.17. The van der Waals surface area contributed by atoms with Gasteiger partial charge in [0.05, 0.1) is 6.20 Å². The standard InChI is InChI=1S/C9H15N3/c1-10-4-7-3-9(7)8-5-11-12(2)6-8/h5-7,9-10H,3-4H2,1-2H3/t7-,9-/m0/s1. The van der Waals surface area contributed by atoms with E-state index < -0.39 is 0 Å². The Morgan fingerprint density at radius 1 is 1.75 bits per heavy atom. The zero-order valence-electron chi connectivity index (χ0n) is 7.62. The fraction of sp³-hybridized carbons (Fsp3) is 0.667. The third-order valence-corrected chi connectivity index (χ3v) is 2.54. The van der Waals surface area contributed by atoms with Gasteiger partial charge in [-0.2, -0.15) is 5.10 Å². The Kier molecular flexibility index (Phi) is 1.89. The molecule has 1 aromatic heterocycles. The highest BCUT2D eigenvalue weighted by atomic mass is 15.2. The molecule has 1 heterocycles. The molecule has 0 amide bonds. The number of nitrogens with zero attached hydrogens (tertiary/aromatic N) is 2.